The predicted molar refractivity (Wildman–Crippen MR) is 111 cm³/mol. The first-order chi connectivity index (χ1) is 13.2. The molecule has 2 aromatic carbocycles. The third-order valence-electron chi connectivity index (χ3n) is 4.31. The topological polar surface area (TPSA) is 70.7 Å². The third-order valence-corrected chi connectivity index (χ3v) is 5.06. The summed E-state index contributed by atoms with van der Waals surface area (Å²) in [6.45, 7) is 0.575. The smallest absolute Gasteiger partial charge is 0.262 e. The Balaban J connectivity index is 1.70. The first kappa shape index (κ1) is 17.3. The van der Waals surface area contributed by atoms with Crippen LogP contribution in [0.5, 0.6) is 0 Å². The molecule has 0 amide bonds. The number of H-pyrrole nitrogens is 1. The number of anilines is 1. The zero-order valence-electron chi connectivity index (χ0n) is 14.8. The van der Waals surface area contributed by atoms with E-state index in [4.69, 9.17) is 0 Å². The molecular weight excluding hydrogens is 356 g/mol. The van der Waals surface area contributed by atoms with Gasteiger partial charge in [0, 0.05) is 17.6 Å². The highest BCUT2D eigenvalue weighted by Crippen LogP contribution is 2.26. The highest BCUT2D eigenvalue weighted by Gasteiger charge is 2.11. The molecule has 2 heterocycles. The van der Waals surface area contributed by atoms with E-state index in [1.807, 2.05) is 66.9 Å². The molecule has 0 bridgehead atoms. The Morgan fingerprint density at radius 3 is 2.56 bits per heavy atom. The van der Waals surface area contributed by atoms with E-state index in [0.717, 1.165) is 16.7 Å². The van der Waals surface area contributed by atoms with Gasteiger partial charge < -0.3 is 5.32 Å². The van der Waals surface area contributed by atoms with Crippen LogP contribution in [0.3, 0.4) is 0 Å². The Morgan fingerprint density at radius 2 is 1.81 bits per heavy atom. The van der Waals surface area contributed by atoms with Crippen molar-refractivity contribution in [2.45, 2.75) is 11.4 Å². The number of rotatable bonds is 5. The lowest BCUT2D eigenvalue weighted by Crippen LogP contribution is -2.14. The molecule has 0 unspecified atom stereocenters. The number of aromatic amines is 1. The summed E-state index contributed by atoms with van der Waals surface area (Å²) in [7, 11) is 0. The average molecular weight is 374 g/mol. The van der Waals surface area contributed by atoms with E-state index in [9.17, 15) is 4.79 Å². The second-order valence-electron chi connectivity index (χ2n) is 6.04. The molecule has 0 saturated heterocycles. The van der Waals surface area contributed by atoms with Gasteiger partial charge in [-0.3, -0.25) is 9.78 Å². The van der Waals surface area contributed by atoms with Crippen molar-refractivity contribution in [2.24, 2.45) is 0 Å². The third kappa shape index (κ3) is 3.71. The molecule has 0 atom stereocenters. The first-order valence-corrected chi connectivity index (χ1v) is 9.78. The van der Waals surface area contributed by atoms with E-state index in [1.54, 1.807) is 18.0 Å². The van der Waals surface area contributed by atoms with Crippen molar-refractivity contribution in [3.8, 4) is 11.1 Å². The van der Waals surface area contributed by atoms with Crippen molar-refractivity contribution in [1.29, 1.82) is 0 Å². The summed E-state index contributed by atoms with van der Waals surface area (Å²) in [4.78, 5) is 25.5. The van der Waals surface area contributed by atoms with Crippen molar-refractivity contribution in [2.75, 3.05) is 11.6 Å². The van der Waals surface area contributed by atoms with Crippen LogP contribution < -0.4 is 10.9 Å². The van der Waals surface area contributed by atoms with Crippen LogP contribution in [-0.2, 0) is 6.54 Å². The summed E-state index contributed by atoms with van der Waals surface area (Å²) in [5.74, 6) is 0.415. The summed E-state index contributed by atoms with van der Waals surface area (Å²) < 4.78 is 0. The fourth-order valence-corrected chi connectivity index (χ4v) is 3.35. The van der Waals surface area contributed by atoms with E-state index >= 15 is 0 Å². The number of hydrogen-bond acceptors (Lipinski definition) is 5. The normalized spacial score (nSPS) is 10.9. The zero-order valence-corrected chi connectivity index (χ0v) is 15.6. The molecule has 0 radical (unpaired) electrons. The van der Waals surface area contributed by atoms with Crippen molar-refractivity contribution >= 4 is 28.7 Å². The largest absolute Gasteiger partial charge is 0.352 e. The maximum Gasteiger partial charge on any atom is 0.262 e. The number of aromatic nitrogens is 3. The Hall–Kier alpha value is -3.12. The Bertz CT molecular complexity index is 1120. The molecule has 2 aromatic heterocycles. The number of fused-ring (bicyclic) bond motifs is 1. The fourth-order valence-electron chi connectivity index (χ4n) is 2.94. The van der Waals surface area contributed by atoms with Gasteiger partial charge in [0.1, 0.15) is 0 Å². The zero-order chi connectivity index (χ0) is 18.6. The van der Waals surface area contributed by atoms with E-state index in [1.165, 1.54) is 4.90 Å². The Kier molecular flexibility index (Phi) is 4.89. The minimum atomic E-state index is -0.201. The van der Waals surface area contributed by atoms with E-state index < -0.39 is 0 Å². The van der Waals surface area contributed by atoms with Crippen LogP contribution >= 0.6 is 11.8 Å². The molecule has 27 heavy (non-hydrogen) atoms. The summed E-state index contributed by atoms with van der Waals surface area (Å²) in [5.41, 5.74) is 3.14. The molecule has 0 aliphatic carbocycles. The summed E-state index contributed by atoms with van der Waals surface area (Å²) in [5, 5.41) is 3.66. The highest BCUT2D eigenvalue weighted by molar-refractivity contribution is 7.98. The van der Waals surface area contributed by atoms with Crippen LogP contribution in [0.4, 0.5) is 5.95 Å². The molecule has 5 nitrogen and oxygen atoms in total. The lowest BCUT2D eigenvalue weighted by molar-refractivity contribution is 1.05. The molecule has 134 valence electrons. The molecule has 0 aliphatic heterocycles. The van der Waals surface area contributed by atoms with E-state index in [2.05, 4.69) is 20.3 Å². The molecule has 4 aromatic rings. The second-order valence-corrected chi connectivity index (χ2v) is 6.92. The van der Waals surface area contributed by atoms with E-state index in [-0.39, 0.29) is 5.56 Å². The second kappa shape index (κ2) is 7.63. The van der Waals surface area contributed by atoms with Gasteiger partial charge in [0.2, 0.25) is 5.95 Å². The molecule has 0 saturated carbocycles. The lowest BCUT2D eigenvalue weighted by Gasteiger charge is -2.09. The highest BCUT2D eigenvalue weighted by atomic mass is 32.2. The quantitative estimate of drug-likeness (QED) is 0.509. The van der Waals surface area contributed by atoms with Gasteiger partial charge in [-0.25, -0.2) is 4.98 Å². The van der Waals surface area contributed by atoms with Crippen molar-refractivity contribution in [3.05, 3.63) is 82.8 Å². The standard InChI is InChI=1S/C21H18N4OS/c1-27-16-9-7-15(8-10-16)17-11-12-22-19-18(17)20(26)25-21(24-19)23-13-14-5-3-2-4-6-14/h2-12H,13H2,1H3,(H2,22,23,24,25,26). The maximum absolute atomic E-state index is 12.7. The van der Waals surface area contributed by atoms with Crippen LogP contribution in [0.15, 0.2) is 76.6 Å². The van der Waals surface area contributed by atoms with Crippen molar-refractivity contribution in [3.63, 3.8) is 0 Å². The number of hydrogen-bond donors (Lipinski definition) is 2. The molecule has 0 aliphatic rings. The van der Waals surface area contributed by atoms with Gasteiger partial charge in [0.05, 0.1) is 5.39 Å². The summed E-state index contributed by atoms with van der Waals surface area (Å²) in [6, 6.07) is 19.9. The van der Waals surface area contributed by atoms with Crippen molar-refractivity contribution in [1.82, 2.24) is 15.0 Å². The molecular formula is C21H18N4OS. The molecule has 6 heteroatoms. The number of nitrogens with zero attached hydrogens (tertiary/aromatic N) is 2. The number of pyridine rings is 1. The average Bonchev–Trinajstić information content (AvgIpc) is 2.72. The predicted octanol–water partition coefficient (Wildman–Crippen LogP) is 4.32. The van der Waals surface area contributed by atoms with Gasteiger partial charge in [0.15, 0.2) is 5.65 Å². The first-order valence-electron chi connectivity index (χ1n) is 8.56. The molecule has 0 spiro atoms. The lowest BCUT2D eigenvalue weighted by atomic mass is 10.0. The summed E-state index contributed by atoms with van der Waals surface area (Å²) in [6.07, 6.45) is 3.73. The number of benzene rings is 2. The molecule has 0 fully saturated rings. The van der Waals surface area contributed by atoms with Gasteiger partial charge in [-0.1, -0.05) is 42.5 Å². The minimum absolute atomic E-state index is 0.201. The number of thioether (sulfide) groups is 1. The Morgan fingerprint density at radius 1 is 1.04 bits per heavy atom. The molecule has 2 N–H and O–H groups in total. The van der Waals surface area contributed by atoms with Gasteiger partial charge in [-0.05, 0) is 41.1 Å². The van der Waals surface area contributed by atoms with Crippen LogP contribution in [0.1, 0.15) is 5.56 Å². The van der Waals surface area contributed by atoms with Gasteiger partial charge in [-0.2, -0.15) is 4.98 Å². The monoisotopic (exact) mass is 374 g/mol. The Labute approximate surface area is 160 Å². The van der Waals surface area contributed by atoms with E-state index in [0.29, 0.717) is 23.5 Å². The van der Waals surface area contributed by atoms with Crippen LogP contribution in [-0.4, -0.2) is 21.2 Å². The van der Waals surface area contributed by atoms with Gasteiger partial charge >= 0.3 is 0 Å². The van der Waals surface area contributed by atoms with Crippen LogP contribution in [0.2, 0.25) is 0 Å². The van der Waals surface area contributed by atoms with Crippen LogP contribution in [0, 0.1) is 0 Å². The SMILES string of the molecule is CSc1ccc(-c2ccnc3nc(NCc4ccccc4)[nH]c(=O)c23)cc1. The fraction of sp³-hybridized carbons (Fsp3) is 0.0952. The minimum Gasteiger partial charge on any atom is -0.352 e. The van der Waals surface area contributed by atoms with Gasteiger partial charge in [-0.15, -0.1) is 11.8 Å². The van der Waals surface area contributed by atoms with Gasteiger partial charge in [0.25, 0.3) is 5.56 Å². The molecule has 4 rings (SSSR count). The summed E-state index contributed by atoms with van der Waals surface area (Å²) >= 11 is 1.68. The number of nitrogens with one attached hydrogen (secondary N) is 2. The van der Waals surface area contributed by atoms with Crippen molar-refractivity contribution < 1.29 is 0 Å². The maximum atomic E-state index is 12.7. The van der Waals surface area contributed by atoms with Crippen LogP contribution in [0.25, 0.3) is 22.2 Å².